The van der Waals surface area contributed by atoms with Gasteiger partial charge in [0.1, 0.15) is 17.9 Å². The van der Waals surface area contributed by atoms with E-state index < -0.39 is 0 Å². The fourth-order valence-electron chi connectivity index (χ4n) is 1.89. The van der Waals surface area contributed by atoms with Crippen LogP contribution in [0, 0.1) is 13.8 Å². The number of hydrogen-bond acceptors (Lipinski definition) is 6. The SMILES string of the molecule is Cc1cc(C)nc(Cn2nnc3cn[nH]c3c2=O)n1. The Morgan fingerprint density at radius 1 is 1.26 bits per heavy atom. The minimum Gasteiger partial charge on any atom is -0.271 e. The Hall–Kier alpha value is -2.64. The molecule has 1 N–H and O–H groups in total. The molecule has 0 radical (unpaired) electrons. The number of nitrogens with one attached hydrogen (secondary N) is 1. The summed E-state index contributed by atoms with van der Waals surface area (Å²) in [6.45, 7) is 3.94. The summed E-state index contributed by atoms with van der Waals surface area (Å²) < 4.78 is 1.22. The molecule has 0 unspecified atom stereocenters. The van der Waals surface area contributed by atoms with Crippen LogP contribution >= 0.6 is 0 Å². The number of aryl methyl sites for hydroxylation is 2. The monoisotopic (exact) mass is 257 g/mol. The molecule has 0 fully saturated rings. The Balaban J connectivity index is 2.05. The lowest BCUT2D eigenvalue weighted by Gasteiger charge is -2.04. The Morgan fingerprint density at radius 3 is 2.74 bits per heavy atom. The predicted octanol–water partition coefficient (Wildman–Crippen LogP) is -0.0303. The summed E-state index contributed by atoms with van der Waals surface area (Å²) in [5.74, 6) is 0.535. The van der Waals surface area contributed by atoms with Crippen molar-refractivity contribution in [3.63, 3.8) is 0 Å². The molecule has 8 nitrogen and oxygen atoms in total. The highest BCUT2D eigenvalue weighted by molar-refractivity contribution is 5.70. The summed E-state index contributed by atoms with van der Waals surface area (Å²) in [6.07, 6.45) is 1.46. The minimum absolute atomic E-state index is 0.184. The molecule has 0 saturated carbocycles. The molecule has 0 spiro atoms. The molecule has 0 aliphatic rings. The van der Waals surface area contributed by atoms with Crippen molar-refractivity contribution in [1.82, 2.24) is 35.2 Å². The summed E-state index contributed by atoms with van der Waals surface area (Å²) >= 11 is 0. The van der Waals surface area contributed by atoms with Gasteiger partial charge in [0.2, 0.25) is 0 Å². The van der Waals surface area contributed by atoms with E-state index in [-0.39, 0.29) is 12.1 Å². The van der Waals surface area contributed by atoms with Gasteiger partial charge in [-0.2, -0.15) is 5.10 Å². The third-order valence-corrected chi connectivity index (χ3v) is 2.65. The van der Waals surface area contributed by atoms with Crippen molar-refractivity contribution in [2.75, 3.05) is 0 Å². The predicted molar refractivity (Wildman–Crippen MR) is 66.6 cm³/mol. The molecule has 3 rings (SSSR count). The van der Waals surface area contributed by atoms with Crippen molar-refractivity contribution in [1.29, 1.82) is 0 Å². The first-order valence-corrected chi connectivity index (χ1v) is 5.71. The van der Waals surface area contributed by atoms with Crippen molar-refractivity contribution in [2.24, 2.45) is 0 Å². The molecule has 0 aromatic carbocycles. The second-order valence-electron chi connectivity index (χ2n) is 4.25. The lowest BCUT2D eigenvalue weighted by Crippen LogP contribution is -2.25. The van der Waals surface area contributed by atoms with Crippen LogP contribution < -0.4 is 5.56 Å². The van der Waals surface area contributed by atoms with Crippen LogP contribution in [-0.2, 0) is 6.54 Å². The molecule has 0 atom stereocenters. The first-order chi connectivity index (χ1) is 9.13. The van der Waals surface area contributed by atoms with Crippen molar-refractivity contribution in [3.8, 4) is 0 Å². The van der Waals surface area contributed by atoms with Gasteiger partial charge >= 0.3 is 0 Å². The Bertz CT molecular complexity index is 784. The van der Waals surface area contributed by atoms with Crippen molar-refractivity contribution in [2.45, 2.75) is 20.4 Å². The van der Waals surface area contributed by atoms with Crippen LogP contribution in [0.3, 0.4) is 0 Å². The molecule has 3 aromatic rings. The van der Waals surface area contributed by atoms with E-state index in [1.165, 1.54) is 10.9 Å². The molecule has 8 heteroatoms. The number of hydrogen-bond donors (Lipinski definition) is 1. The van der Waals surface area contributed by atoms with E-state index in [0.29, 0.717) is 16.9 Å². The highest BCUT2D eigenvalue weighted by Crippen LogP contribution is 2.01. The lowest BCUT2D eigenvalue weighted by atomic mass is 10.3. The quantitative estimate of drug-likeness (QED) is 0.691. The van der Waals surface area contributed by atoms with Crippen LogP contribution in [0.5, 0.6) is 0 Å². The maximum Gasteiger partial charge on any atom is 0.296 e. The fourth-order valence-corrected chi connectivity index (χ4v) is 1.89. The molecule has 0 amide bonds. The molecule has 96 valence electrons. The first-order valence-electron chi connectivity index (χ1n) is 5.71. The van der Waals surface area contributed by atoms with Crippen molar-refractivity contribution >= 4 is 11.0 Å². The molecule has 3 heterocycles. The van der Waals surface area contributed by atoms with E-state index in [4.69, 9.17) is 0 Å². The number of rotatable bonds is 2. The molecule has 0 saturated heterocycles. The van der Waals surface area contributed by atoms with Crippen LogP contribution in [0.1, 0.15) is 17.2 Å². The van der Waals surface area contributed by atoms with Gasteiger partial charge in [-0.3, -0.25) is 9.89 Å². The van der Waals surface area contributed by atoms with Crippen molar-refractivity contribution < 1.29 is 0 Å². The van der Waals surface area contributed by atoms with Gasteiger partial charge in [0.25, 0.3) is 5.56 Å². The molecular weight excluding hydrogens is 246 g/mol. The zero-order valence-electron chi connectivity index (χ0n) is 10.5. The molecule has 0 aliphatic carbocycles. The summed E-state index contributed by atoms with van der Waals surface area (Å²) in [5.41, 5.74) is 2.20. The smallest absolute Gasteiger partial charge is 0.271 e. The van der Waals surface area contributed by atoms with E-state index >= 15 is 0 Å². The van der Waals surface area contributed by atoms with E-state index in [0.717, 1.165) is 11.4 Å². The zero-order chi connectivity index (χ0) is 13.4. The van der Waals surface area contributed by atoms with Gasteiger partial charge in [-0.05, 0) is 19.9 Å². The number of fused-ring (bicyclic) bond motifs is 1. The topological polar surface area (TPSA) is 102 Å². The fraction of sp³-hybridized carbons (Fsp3) is 0.273. The zero-order valence-corrected chi connectivity index (χ0v) is 10.5. The highest BCUT2D eigenvalue weighted by atomic mass is 16.1. The maximum atomic E-state index is 12.1. The average molecular weight is 257 g/mol. The van der Waals surface area contributed by atoms with E-state index in [1.54, 1.807) is 0 Å². The van der Waals surface area contributed by atoms with Crippen molar-refractivity contribution in [3.05, 3.63) is 39.8 Å². The summed E-state index contributed by atoms with van der Waals surface area (Å²) in [7, 11) is 0. The van der Waals surface area contributed by atoms with E-state index in [2.05, 4.69) is 30.5 Å². The Morgan fingerprint density at radius 2 is 2.00 bits per heavy atom. The van der Waals surface area contributed by atoms with Gasteiger partial charge < -0.3 is 0 Å². The van der Waals surface area contributed by atoms with Crippen LogP contribution in [0.2, 0.25) is 0 Å². The Labute approximate surface area is 107 Å². The molecule has 0 aliphatic heterocycles. The molecule has 3 aromatic heterocycles. The molecule has 19 heavy (non-hydrogen) atoms. The number of nitrogens with zero attached hydrogens (tertiary/aromatic N) is 6. The maximum absolute atomic E-state index is 12.1. The van der Waals surface area contributed by atoms with Gasteiger partial charge in [0.05, 0.1) is 6.20 Å². The third-order valence-electron chi connectivity index (χ3n) is 2.65. The van der Waals surface area contributed by atoms with Crippen LogP contribution in [0.25, 0.3) is 11.0 Å². The van der Waals surface area contributed by atoms with Crippen LogP contribution in [0.15, 0.2) is 17.1 Å². The highest BCUT2D eigenvalue weighted by Gasteiger charge is 2.09. The van der Waals surface area contributed by atoms with Gasteiger partial charge in [0.15, 0.2) is 5.52 Å². The first kappa shape index (κ1) is 11.5. The lowest BCUT2D eigenvalue weighted by molar-refractivity contribution is 0.578. The normalized spacial score (nSPS) is 11.1. The second kappa shape index (κ2) is 4.23. The summed E-state index contributed by atoms with van der Waals surface area (Å²) in [5, 5.41) is 14.1. The number of aromatic nitrogens is 7. The Kier molecular flexibility index (Phi) is 2.55. The summed E-state index contributed by atoms with van der Waals surface area (Å²) in [6, 6.07) is 1.87. The second-order valence-corrected chi connectivity index (χ2v) is 4.25. The summed E-state index contributed by atoms with van der Waals surface area (Å²) in [4.78, 5) is 20.6. The molecular formula is C11H11N7O. The van der Waals surface area contributed by atoms with Gasteiger partial charge in [-0.1, -0.05) is 5.21 Å². The van der Waals surface area contributed by atoms with E-state index in [1.807, 2.05) is 19.9 Å². The number of H-pyrrole nitrogens is 1. The van der Waals surface area contributed by atoms with Crippen LogP contribution in [-0.4, -0.2) is 35.2 Å². The van der Waals surface area contributed by atoms with Gasteiger partial charge in [-0.25, -0.2) is 14.6 Å². The minimum atomic E-state index is -0.287. The number of aromatic amines is 1. The van der Waals surface area contributed by atoms with Gasteiger partial charge in [-0.15, -0.1) is 5.10 Å². The molecule has 0 bridgehead atoms. The third kappa shape index (κ3) is 2.07. The van der Waals surface area contributed by atoms with Crippen LogP contribution in [0.4, 0.5) is 0 Å². The van der Waals surface area contributed by atoms with Gasteiger partial charge in [0, 0.05) is 11.4 Å². The average Bonchev–Trinajstić information content (AvgIpc) is 2.80. The van der Waals surface area contributed by atoms with E-state index in [9.17, 15) is 4.79 Å². The largest absolute Gasteiger partial charge is 0.296 e. The standard InChI is InChI=1S/C11H11N7O/c1-6-3-7(2)14-9(13-6)5-18-11(19)10-8(15-17-18)4-12-16-10/h3-4H,5H2,1-2H3,(H,12,16).